The van der Waals surface area contributed by atoms with Crippen LogP contribution < -0.4 is 10.6 Å². The van der Waals surface area contributed by atoms with E-state index in [4.69, 9.17) is 9.84 Å². The fraction of sp³-hybridized carbons (Fsp3) is 0.545. The van der Waals surface area contributed by atoms with Gasteiger partial charge in [0.05, 0.1) is 24.0 Å². The van der Waals surface area contributed by atoms with E-state index in [9.17, 15) is 14.4 Å². The largest absolute Gasteiger partial charge is 0.480 e. The number of carboxylic acid groups (broad SMARTS) is 1. The molecule has 2 amide bonds. The lowest BCUT2D eigenvalue weighted by atomic mass is 10.2. The second-order valence-corrected chi connectivity index (χ2v) is 5.11. The Morgan fingerprint density at radius 2 is 2.21 bits per heavy atom. The van der Waals surface area contributed by atoms with E-state index >= 15 is 0 Å². The summed E-state index contributed by atoms with van der Waals surface area (Å²) in [6, 6.07) is -0.411. The second-order valence-electron chi connectivity index (χ2n) is 3.78. The Labute approximate surface area is 114 Å². The average molecular weight is 288 g/mol. The maximum atomic E-state index is 11.7. The highest BCUT2D eigenvalue weighted by atomic mass is 32.2. The quantitative estimate of drug-likeness (QED) is 0.608. The monoisotopic (exact) mass is 288 g/mol. The zero-order valence-electron chi connectivity index (χ0n) is 10.7. The molecule has 1 aliphatic rings. The van der Waals surface area contributed by atoms with E-state index in [-0.39, 0.29) is 18.9 Å². The van der Waals surface area contributed by atoms with Crippen LogP contribution >= 0.6 is 11.8 Å². The van der Waals surface area contributed by atoms with E-state index in [0.717, 1.165) is 11.8 Å². The molecule has 0 bridgehead atoms. The van der Waals surface area contributed by atoms with Crippen LogP contribution in [0.3, 0.4) is 0 Å². The first kappa shape index (κ1) is 15.4. The van der Waals surface area contributed by atoms with Crippen LogP contribution in [-0.4, -0.2) is 47.2 Å². The first-order valence-electron chi connectivity index (χ1n) is 5.74. The van der Waals surface area contributed by atoms with Gasteiger partial charge in [0.1, 0.15) is 0 Å². The molecule has 3 N–H and O–H groups in total. The van der Waals surface area contributed by atoms with E-state index in [1.165, 1.54) is 0 Å². The van der Waals surface area contributed by atoms with Crippen LogP contribution in [0.5, 0.6) is 0 Å². The van der Waals surface area contributed by atoms with Crippen molar-refractivity contribution in [2.24, 2.45) is 0 Å². The van der Waals surface area contributed by atoms with Crippen molar-refractivity contribution in [3.8, 4) is 0 Å². The van der Waals surface area contributed by atoms with Gasteiger partial charge in [0, 0.05) is 11.4 Å². The molecule has 1 aliphatic heterocycles. The molecular formula is C11H16N2O5S. The van der Waals surface area contributed by atoms with Crippen molar-refractivity contribution in [2.75, 3.05) is 18.9 Å². The molecule has 0 radical (unpaired) electrons. The minimum atomic E-state index is -0.941. The molecule has 7 nitrogen and oxygen atoms in total. The van der Waals surface area contributed by atoms with Crippen LogP contribution in [0.1, 0.15) is 13.8 Å². The van der Waals surface area contributed by atoms with Crippen LogP contribution in [0, 0.1) is 0 Å². The van der Waals surface area contributed by atoms with Crippen molar-refractivity contribution < 1.29 is 24.2 Å². The molecule has 0 spiro atoms. The van der Waals surface area contributed by atoms with Crippen LogP contribution in [0.15, 0.2) is 11.3 Å². The molecule has 0 aromatic rings. The molecular weight excluding hydrogens is 272 g/mol. The SMILES string of the molecule is CCOC(=O)C1=C(CSC(C)C(=O)O)NC(=O)NC1. The summed E-state index contributed by atoms with van der Waals surface area (Å²) in [5.74, 6) is -1.22. The summed E-state index contributed by atoms with van der Waals surface area (Å²) in [5.41, 5.74) is 0.729. The second kappa shape index (κ2) is 7.03. The predicted molar refractivity (Wildman–Crippen MR) is 69.7 cm³/mol. The molecule has 19 heavy (non-hydrogen) atoms. The third-order valence-corrected chi connectivity index (χ3v) is 3.56. The maximum Gasteiger partial charge on any atom is 0.337 e. The van der Waals surface area contributed by atoms with Crippen molar-refractivity contribution in [3.63, 3.8) is 0 Å². The number of carboxylic acids is 1. The molecule has 1 atom stereocenters. The lowest BCUT2D eigenvalue weighted by Gasteiger charge is -2.21. The highest BCUT2D eigenvalue weighted by molar-refractivity contribution is 8.00. The number of carbonyl (C=O) groups excluding carboxylic acids is 2. The van der Waals surface area contributed by atoms with Crippen LogP contribution in [0.4, 0.5) is 4.79 Å². The van der Waals surface area contributed by atoms with Gasteiger partial charge in [0.25, 0.3) is 0 Å². The molecule has 0 saturated carbocycles. The number of hydrogen-bond donors (Lipinski definition) is 3. The van der Waals surface area contributed by atoms with Gasteiger partial charge < -0.3 is 20.5 Å². The normalized spacial score (nSPS) is 16.4. The van der Waals surface area contributed by atoms with Crippen molar-refractivity contribution >= 4 is 29.7 Å². The third kappa shape index (κ3) is 4.47. The lowest BCUT2D eigenvalue weighted by molar-refractivity contribution is -0.138. The van der Waals surface area contributed by atoms with Crippen molar-refractivity contribution in [3.05, 3.63) is 11.3 Å². The first-order valence-corrected chi connectivity index (χ1v) is 6.79. The molecule has 0 aromatic carbocycles. The molecule has 0 aliphatic carbocycles. The molecule has 106 valence electrons. The molecule has 0 fully saturated rings. The van der Waals surface area contributed by atoms with Crippen molar-refractivity contribution in [1.29, 1.82) is 0 Å². The van der Waals surface area contributed by atoms with Crippen LogP contribution in [0.2, 0.25) is 0 Å². The number of ether oxygens (including phenoxy) is 1. The number of carbonyl (C=O) groups is 3. The van der Waals surface area contributed by atoms with E-state index < -0.39 is 23.2 Å². The Morgan fingerprint density at radius 1 is 1.53 bits per heavy atom. The molecule has 1 unspecified atom stereocenters. The molecule has 0 saturated heterocycles. The summed E-state index contributed by atoms with van der Waals surface area (Å²) in [4.78, 5) is 33.7. The van der Waals surface area contributed by atoms with Gasteiger partial charge in [0.15, 0.2) is 0 Å². The Kier molecular flexibility index (Phi) is 5.68. The summed E-state index contributed by atoms with van der Waals surface area (Å²) in [6.45, 7) is 3.55. The van der Waals surface area contributed by atoms with E-state index in [0.29, 0.717) is 11.3 Å². The number of esters is 1. The van der Waals surface area contributed by atoms with E-state index in [1.54, 1.807) is 13.8 Å². The zero-order valence-corrected chi connectivity index (χ0v) is 11.5. The molecule has 1 rings (SSSR count). The topological polar surface area (TPSA) is 105 Å². The molecule has 8 heteroatoms. The van der Waals surface area contributed by atoms with Gasteiger partial charge in [-0.3, -0.25) is 4.79 Å². The number of rotatable bonds is 6. The van der Waals surface area contributed by atoms with Crippen LogP contribution in [0.25, 0.3) is 0 Å². The highest BCUT2D eigenvalue weighted by Gasteiger charge is 2.24. The number of amides is 2. The van der Waals surface area contributed by atoms with E-state index in [2.05, 4.69) is 10.6 Å². The number of hydrogen-bond acceptors (Lipinski definition) is 5. The summed E-state index contributed by atoms with van der Waals surface area (Å²) in [5, 5.41) is 13.2. The molecule has 0 aromatic heterocycles. The summed E-state index contributed by atoms with van der Waals surface area (Å²) >= 11 is 1.12. The number of urea groups is 1. The summed E-state index contributed by atoms with van der Waals surface area (Å²) in [6.07, 6.45) is 0. The fourth-order valence-electron chi connectivity index (χ4n) is 1.35. The smallest absolute Gasteiger partial charge is 0.337 e. The number of nitrogens with one attached hydrogen (secondary N) is 2. The zero-order chi connectivity index (χ0) is 14.4. The van der Waals surface area contributed by atoms with Crippen molar-refractivity contribution in [2.45, 2.75) is 19.1 Å². The fourth-order valence-corrected chi connectivity index (χ4v) is 2.15. The minimum absolute atomic E-state index is 0.0853. The van der Waals surface area contributed by atoms with Gasteiger partial charge in [0.2, 0.25) is 0 Å². The minimum Gasteiger partial charge on any atom is -0.480 e. The van der Waals surface area contributed by atoms with Crippen molar-refractivity contribution in [1.82, 2.24) is 10.6 Å². The van der Waals surface area contributed by atoms with Gasteiger partial charge in [-0.2, -0.15) is 0 Å². The predicted octanol–water partition coefficient (Wildman–Crippen LogP) is 0.323. The average Bonchev–Trinajstić information content (AvgIpc) is 2.36. The molecule has 1 heterocycles. The maximum absolute atomic E-state index is 11.7. The van der Waals surface area contributed by atoms with Gasteiger partial charge in [-0.1, -0.05) is 0 Å². The van der Waals surface area contributed by atoms with Crippen LogP contribution in [-0.2, 0) is 14.3 Å². The standard InChI is InChI=1S/C11H16N2O5S/c1-3-18-10(16)7-4-12-11(17)13-8(7)5-19-6(2)9(14)15/h6H,3-5H2,1-2H3,(H,14,15)(H2,12,13,17). The lowest BCUT2D eigenvalue weighted by Crippen LogP contribution is -2.44. The van der Waals surface area contributed by atoms with E-state index in [1.807, 2.05) is 0 Å². The van der Waals surface area contributed by atoms with Gasteiger partial charge in [-0.15, -0.1) is 11.8 Å². The Balaban J connectivity index is 2.78. The number of aliphatic carboxylic acids is 1. The van der Waals surface area contributed by atoms with Gasteiger partial charge >= 0.3 is 18.0 Å². The summed E-state index contributed by atoms with van der Waals surface area (Å²) < 4.78 is 4.89. The number of thioether (sulfide) groups is 1. The Morgan fingerprint density at radius 3 is 2.79 bits per heavy atom. The van der Waals surface area contributed by atoms with Gasteiger partial charge in [-0.05, 0) is 13.8 Å². The third-order valence-electron chi connectivity index (χ3n) is 2.40. The Hall–Kier alpha value is -1.70. The Bertz CT molecular complexity index is 421. The van der Waals surface area contributed by atoms with Gasteiger partial charge in [-0.25, -0.2) is 9.59 Å². The first-order chi connectivity index (χ1) is 8.95. The highest BCUT2D eigenvalue weighted by Crippen LogP contribution is 2.18. The summed E-state index contributed by atoms with van der Waals surface area (Å²) in [7, 11) is 0.